The van der Waals surface area contributed by atoms with Crippen LogP contribution in [0.5, 0.6) is 0 Å². The second kappa shape index (κ2) is 16.9. The highest BCUT2D eigenvalue weighted by atomic mass is 35.5. The Morgan fingerprint density at radius 1 is 0.868 bits per heavy atom. The van der Waals surface area contributed by atoms with Gasteiger partial charge in [-0.05, 0) is 61.3 Å². The minimum atomic E-state index is -0.636. The van der Waals surface area contributed by atoms with Gasteiger partial charge in [-0.3, -0.25) is 9.59 Å². The maximum atomic E-state index is 13.1. The molecule has 1 aliphatic rings. The number of benzene rings is 2. The van der Waals surface area contributed by atoms with E-state index in [-0.39, 0.29) is 30.0 Å². The van der Waals surface area contributed by atoms with E-state index in [1.165, 1.54) is 44.2 Å². The molecule has 0 unspecified atom stereocenters. The van der Waals surface area contributed by atoms with Crippen LogP contribution >= 0.6 is 24.0 Å². The summed E-state index contributed by atoms with van der Waals surface area (Å²) in [5.41, 5.74) is 0.911. The molecule has 0 N–H and O–H groups in total. The van der Waals surface area contributed by atoms with Crippen molar-refractivity contribution in [3.8, 4) is 0 Å². The van der Waals surface area contributed by atoms with Crippen LogP contribution < -0.4 is 0 Å². The first-order valence-electron chi connectivity index (χ1n) is 13.9. The minimum Gasteiger partial charge on any atom is -0.454 e. The van der Waals surface area contributed by atoms with Crippen molar-refractivity contribution in [3.05, 3.63) is 70.5 Å². The summed E-state index contributed by atoms with van der Waals surface area (Å²) in [5, 5.41) is 0.663. The minimum absolute atomic E-state index is 0. The van der Waals surface area contributed by atoms with Crippen molar-refractivity contribution in [1.29, 1.82) is 0 Å². The molecule has 38 heavy (non-hydrogen) atoms. The van der Waals surface area contributed by atoms with Gasteiger partial charge in [-0.1, -0.05) is 69.2 Å². The van der Waals surface area contributed by atoms with Crippen LogP contribution in [0, 0.1) is 5.82 Å². The number of unbranched alkanes of at least 4 members (excludes halogenated alkanes) is 6. The number of halogens is 3. The van der Waals surface area contributed by atoms with Crippen molar-refractivity contribution in [2.75, 3.05) is 19.6 Å². The number of esters is 1. The van der Waals surface area contributed by atoms with E-state index in [0.29, 0.717) is 36.3 Å². The van der Waals surface area contributed by atoms with E-state index in [1.54, 1.807) is 12.1 Å². The van der Waals surface area contributed by atoms with Crippen LogP contribution in [0.3, 0.4) is 0 Å². The molecule has 1 heterocycles. The quantitative estimate of drug-likeness (QED) is 0.123. The van der Waals surface area contributed by atoms with Gasteiger partial charge in [0.1, 0.15) is 11.4 Å². The molecule has 0 atom stereocenters. The van der Waals surface area contributed by atoms with Gasteiger partial charge in [-0.25, -0.2) is 4.39 Å². The lowest BCUT2D eigenvalue weighted by Crippen LogP contribution is -2.45. The predicted molar refractivity (Wildman–Crippen MR) is 155 cm³/mol. The molecule has 0 radical (unpaired) electrons. The summed E-state index contributed by atoms with van der Waals surface area (Å²) in [4.78, 5) is 27.6. The van der Waals surface area contributed by atoms with E-state index in [2.05, 4.69) is 11.8 Å². The van der Waals surface area contributed by atoms with Gasteiger partial charge in [0, 0.05) is 49.4 Å². The topological polar surface area (TPSA) is 46.6 Å². The van der Waals surface area contributed by atoms with Crippen molar-refractivity contribution < 1.29 is 18.7 Å². The SMILES string of the molecule is CCCCCCCCCC(=O)OC1(c2ccc(Cl)cc2)CCN(CCCC(=O)c2ccc(F)cc2)CC1.Cl. The first-order chi connectivity index (χ1) is 17.9. The van der Waals surface area contributed by atoms with Crippen LogP contribution in [0.25, 0.3) is 0 Å². The van der Waals surface area contributed by atoms with Crippen LogP contribution in [-0.4, -0.2) is 36.3 Å². The molecule has 0 aliphatic carbocycles. The van der Waals surface area contributed by atoms with Gasteiger partial charge in [0.25, 0.3) is 0 Å². The van der Waals surface area contributed by atoms with E-state index >= 15 is 0 Å². The first kappa shape index (κ1) is 32.3. The second-order valence-corrected chi connectivity index (χ2v) is 10.7. The second-order valence-electron chi connectivity index (χ2n) is 10.2. The lowest BCUT2D eigenvalue weighted by atomic mass is 9.84. The first-order valence-corrected chi connectivity index (χ1v) is 14.3. The Hall–Kier alpha value is -1.95. The number of hydrogen-bond donors (Lipinski definition) is 0. The monoisotopic (exact) mass is 565 g/mol. The number of likely N-dealkylation sites (tertiary alicyclic amines) is 1. The molecule has 1 aliphatic heterocycles. The fraction of sp³-hybridized carbons (Fsp3) is 0.548. The van der Waals surface area contributed by atoms with Crippen molar-refractivity contribution in [3.63, 3.8) is 0 Å². The molecule has 0 amide bonds. The number of Topliss-reactive ketones (excluding diaryl/α,β-unsaturated/α-hetero) is 1. The summed E-state index contributed by atoms with van der Waals surface area (Å²) in [6.45, 7) is 4.60. The average Bonchev–Trinajstić information content (AvgIpc) is 2.90. The number of ether oxygens (including phenoxy) is 1. The standard InChI is InChI=1S/C31H41ClFNO3.ClH/c1-2-3-4-5-6-7-8-11-30(36)37-31(26-14-16-27(32)17-15-26)20-23-34(24-21-31)22-9-10-29(35)25-12-18-28(33)19-13-25;/h12-19H,2-11,20-24H2,1H3;1H. The van der Waals surface area contributed by atoms with Crippen LogP contribution in [0.1, 0.15) is 99.9 Å². The van der Waals surface area contributed by atoms with Crippen molar-refractivity contribution >= 4 is 35.8 Å². The van der Waals surface area contributed by atoms with Gasteiger partial charge in [-0.15, -0.1) is 12.4 Å². The largest absolute Gasteiger partial charge is 0.454 e. The van der Waals surface area contributed by atoms with Crippen molar-refractivity contribution in [1.82, 2.24) is 4.90 Å². The van der Waals surface area contributed by atoms with Crippen molar-refractivity contribution in [2.24, 2.45) is 0 Å². The number of nitrogens with zero attached hydrogens (tertiary/aromatic N) is 1. The molecule has 4 nitrogen and oxygen atoms in total. The maximum Gasteiger partial charge on any atom is 0.306 e. The molecule has 7 heteroatoms. The summed E-state index contributed by atoms with van der Waals surface area (Å²) < 4.78 is 19.3. The van der Waals surface area contributed by atoms with Gasteiger partial charge < -0.3 is 9.64 Å². The molecule has 1 saturated heterocycles. The molecule has 210 valence electrons. The summed E-state index contributed by atoms with van der Waals surface area (Å²) in [5.74, 6) is -0.425. The van der Waals surface area contributed by atoms with Crippen LogP contribution in [0.15, 0.2) is 48.5 Å². The zero-order valence-electron chi connectivity index (χ0n) is 22.6. The Bertz CT molecular complexity index is 974. The molecule has 0 spiro atoms. The van der Waals surface area contributed by atoms with E-state index in [4.69, 9.17) is 16.3 Å². The third kappa shape index (κ3) is 10.3. The molecular weight excluding hydrogens is 524 g/mol. The Morgan fingerprint density at radius 3 is 2.11 bits per heavy atom. The number of piperidine rings is 1. The van der Waals surface area contributed by atoms with Crippen LogP contribution in [0.4, 0.5) is 4.39 Å². The highest BCUT2D eigenvalue weighted by Gasteiger charge is 2.39. The number of carbonyl (C=O) groups excluding carboxylic acids is 2. The lowest BCUT2D eigenvalue weighted by molar-refractivity contribution is -0.167. The number of carbonyl (C=O) groups is 2. The van der Waals surface area contributed by atoms with Gasteiger partial charge in [0.15, 0.2) is 5.78 Å². The highest BCUT2D eigenvalue weighted by molar-refractivity contribution is 6.30. The molecule has 2 aromatic carbocycles. The third-order valence-electron chi connectivity index (χ3n) is 7.37. The van der Waals surface area contributed by atoms with E-state index in [1.807, 2.05) is 24.3 Å². The van der Waals surface area contributed by atoms with Crippen molar-refractivity contribution in [2.45, 2.75) is 89.6 Å². The van der Waals surface area contributed by atoms with Gasteiger partial charge in [0.05, 0.1) is 0 Å². The van der Waals surface area contributed by atoms with Gasteiger partial charge in [0.2, 0.25) is 0 Å². The summed E-state index contributed by atoms with van der Waals surface area (Å²) in [7, 11) is 0. The van der Waals surface area contributed by atoms with Crippen LogP contribution in [0.2, 0.25) is 5.02 Å². The molecule has 3 rings (SSSR count). The lowest BCUT2D eigenvalue weighted by Gasteiger charge is -2.41. The fourth-order valence-electron chi connectivity index (χ4n) is 5.08. The zero-order chi connectivity index (χ0) is 26.5. The Balaban J connectivity index is 0.00000507. The molecule has 2 aromatic rings. The number of rotatable bonds is 15. The molecule has 1 fully saturated rings. The molecular formula is C31H42Cl2FNO3. The van der Waals surface area contributed by atoms with Gasteiger partial charge in [-0.2, -0.15) is 0 Å². The Morgan fingerprint density at radius 2 is 1.47 bits per heavy atom. The van der Waals surface area contributed by atoms with Gasteiger partial charge >= 0.3 is 5.97 Å². The normalized spacial score (nSPS) is 15.0. The van der Waals surface area contributed by atoms with E-state index < -0.39 is 5.60 Å². The average molecular weight is 567 g/mol. The maximum absolute atomic E-state index is 13.1. The molecule has 0 bridgehead atoms. The molecule has 0 saturated carbocycles. The van der Waals surface area contributed by atoms with E-state index in [0.717, 1.165) is 44.5 Å². The van der Waals surface area contributed by atoms with Crippen LogP contribution in [-0.2, 0) is 15.1 Å². The third-order valence-corrected chi connectivity index (χ3v) is 7.62. The summed E-state index contributed by atoms with van der Waals surface area (Å²) >= 11 is 6.13. The fourth-order valence-corrected chi connectivity index (χ4v) is 5.21. The number of ketones is 1. The van der Waals surface area contributed by atoms with E-state index in [9.17, 15) is 14.0 Å². The summed E-state index contributed by atoms with van der Waals surface area (Å²) in [6.07, 6.45) is 11.2. The summed E-state index contributed by atoms with van der Waals surface area (Å²) in [6, 6.07) is 13.4. The Labute approximate surface area is 238 Å². The highest BCUT2D eigenvalue weighted by Crippen LogP contribution is 2.38. The smallest absolute Gasteiger partial charge is 0.306 e. The Kier molecular flexibility index (Phi) is 14.3. The molecule has 0 aromatic heterocycles. The zero-order valence-corrected chi connectivity index (χ0v) is 24.1. The predicted octanol–water partition coefficient (Wildman–Crippen LogP) is 8.54. The number of hydrogen-bond acceptors (Lipinski definition) is 4.